The van der Waals surface area contributed by atoms with E-state index in [1.54, 1.807) is 25.2 Å². The van der Waals surface area contributed by atoms with Crippen LogP contribution in [0.2, 0.25) is 0 Å². The normalized spacial score (nSPS) is 20.8. The molecule has 0 saturated carbocycles. The van der Waals surface area contributed by atoms with Gasteiger partial charge >= 0.3 is 5.97 Å². The van der Waals surface area contributed by atoms with Crippen molar-refractivity contribution >= 4 is 69.1 Å². The minimum atomic E-state index is -1.10. The van der Waals surface area contributed by atoms with Crippen LogP contribution < -0.4 is 4.90 Å². The lowest BCUT2D eigenvalue weighted by Crippen LogP contribution is -2.44. The van der Waals surface area contributed by atoms with Crippen molar-refractivity contribution in [2.45, 2.75) is 12.5 Å². The third kappa shape index (κ3) is 3.04. The summed E-state index contributed by atoms with van der Waals surface area (Å²) in [4.78, 5) is 40.2. The monoisotopic (exact) mass is 408 g/mol. The number of amides is 2. The van der Waals surface area contributed by atoms with Gasteiger partial charge in [0.1, 0.15) is 10.4 Å². The highest BCUT2D eigenvalue weighted by molar-refractivity contribution is 8.26. The lowest BCUT2D eigenvalue weighted by atomic mass is 10.1. The highest BCUT2D eigenvalue weighted by atomic mass is 32.2. The van der Waals surface area contributed by atoms with Gasteiger partial charge in [0, 0.05) is 12.6 Å². The number of aliphatic carboxylic acids is 1. The Kier molecular flexibility index (Phi) is 5.40. The molecular formula is C17H16N2O4S3. The molecule has 0 bridgehead atoms. The Morgan fingerprint density at radius 1 is 1.31 bits per heavy atom. The molecule has 1 aromatic carbocycles. The first-order valence-electron chi connectivity index (χ1n) is 7.77. The highest BCUT2D eigenvalue weighted by Gasteiger charge is 2.44. The van der Waals surface area contributed by atoms with Crippen molar-refractivity contribution in [1.29, 1.82) is 0 Å². The number of carboxylic acid groups (broad SMARTS) is 1. The fourth-order valence-corrected chi connectivity index (χ4v) is 4.87. The number of likely N-dealkylation sites (N-methyl/N-ethyl adjacent to an activating group) is 1. The molecule has 26 heavy (non-hydrogen) atoms. The molecule has 2 amide bonds. The molecule has 0 aliphatic carbocycles. The summed E-state index contributed by atoms with van der Waals surface area (Å²) < 4.78 is 0.172. The zero-order valence-corrected chi connectivity index (χ0v) is 16.5. The number of rotatable bonds is 5. The van der Waals surface area contributed by atoms with Crippen LogP contribution in [-0.2, 0) is 14.4 Å². The molecule has 136 valence electrons. The summed E-state index contributed by atoms with van der Waals surface area (Å²) in [5.41, 5.74) is 1.67. The van der Waals surface area contributed by atoms with Gasteiger partial charge < -0.3 is 10.0 Å². The number of nitrogens with zero attached hydrogens (tertiary/aromatic N) is 2. The molecule has 1 atom stereocenters. The lowest BCUT2D eigenvalue weighted by Gasteiger charge is -2.22. The van der Waals surface area contributed by atoms with Crippen LogP contribution in [0.1, 0.15) is 12.0 Å². The summed E-state index contributed by atoms with van der Waals surface area (Å²) in [6.07, 6.45) is 2.16. The standard InChI is InChI=1S/C17H16N2O4S3/c1-18-10-6-4-3-5-9(10)12(14(18)20)13-15(21)19(17(24)26-13)11(16(22)23)7-8-25-2/h3-6,11H,7-8H2,1-2H3,(H,22,23)/b13-12+/t11-/m1/s1. The largest absolute Gasteiger partial charge is 0.480 e. The Hall–Kier alpha value is -1.84. The van der Waals surface area contributed by atoms with Crippen molar-refractivity contribution < 1.29 is 19.5 Å². The van der Waals surface area contributed by atoms with E-state index in [0.29, 0.717) is 11.3 Å². The number of thioether (sulfide) groups is 2. The van der Waals surface area contributed by atoms with Crippen LogP contribution in [0.4, 0.5) is 5.69 Å². The molecule has 0 spiro atoms. The van der Waals surface area contributed by atoms with E-state index in [4.69, 9.17) is 12.2 Å². The van der Waals surface area contributed by atoms with Crippen molar-refractivity contribution in [3.8, 4) is 0 Å². The first kappa shape index (κ1) is 18.9. The molecule has 9 heteroatoms. The smallest absolute Gasteiger partial charge is 0.326 e. The molecule has 1 aromatic rings. The van der Waals surface area contributed by atoms with Crippen molar-refractivity contribution in [3.63, 3.8) is 0 Å². The van der Waals surface area contributed by atoms with Gasteiger partial charge in [-0.25, -0.2) is 4.79 Å². The molecule has 0 radical (unpaired) electrons. The van der Waals surface area contributed by atoms with Crippen molar-refractivity contribution in [3.05, 3.63) is 34.7 Å². The minimum Gasteiger partial charge on any atom is -0.480 e. The summed E-state index contributed by atoms with van der Waals surface area (Å²) in [6, 6.07) is 6.17. The van der Waals surface area contributed by atoms with E-state index in [9.17, 15) is 19.5 Å². The number of fused-ring (bicyclic) bond motifs is 1. The number of para-hydroxylation sites is 1. The molecule has 2 aliphatic rings. The molecule has 1 saturated heterocycles. The van der Waals surface area contributed by atoms with E-state index < -0.39 is 17.9 Å². The first-order valence-corrected chi connectivity index (χ1v) is 10.4. The number of carboxylic acids is 1. The highest BCUT2D eigenvalue weighted by Crippen LogP contribution is 2.44. The van der Waals surface area contributed by atoms with Crippen LogP contribution in [0.5, 0.6) is 0 Å². The zero-order chi connectivity index (χ0) is 19.0. The van der Waals surface area contributed by atoms with Gasteiger partial charge in [-0.2, -0.15) is 11.8 Å². The SMILES string of the molecule is CSCC[C@H](C(=O)O)N1C(=O)/C(=C2\C(=O)N(C)c3ccccc32)SC1=S. The van der Waals surface area contributed by atoms with Gasteiger partial charge in [-0.05, 0) is 24.5 Å². The average Bonchev–Trinajstić information content (AvgIpc) is 3.03. The van der Waals surface area contributed by atoms with Crippen LogP contribution in [-0.4, -0.2) is 57.2 Å². The molecule has 2 aliphatic heterocycles. The van der Waals surface area contributed by atoms with E-state index in [0.717, 1.165) is 22.3 Å². The van der Waals surface area contributed by atoms with Gasteiger partial charge in [0.25, 0.3) is 11.8 Å². The maximum Gasteiger partial charge on any atom is 0.326 e. The average molecular weight is 409 g/mol. The van der Waals surface area contributed by atoms with Gasteiger partial charge in [0.05, 0.1) is 16.2 Å². The summed E-state index contributed by atoms with van der Waals surface area (Å²) in [5, 5.41) is 9.54. The van der Waals surface area contributed by atoms with E-state index in [1.807, 2.05) is 12.3 Å². The number of thiocarbonyl (C=S) groups is 1. The third-order valence-corrected chi connectivity index (χ3v) is 6.32. The molecule has 0 unspecified atom stereocenters. The molecule has 1 fully saturated rings. The van der Waals surface area contributed by atoms with Gasteiger partial charge in [0.2, 0.25) is 0 Å². The van der Waals surface area contributed by atoms with Crippen LogP contribution in [0.25, 0.3) is 5.57 Å². The molecule has 1 N–H and O–H groups in total. The molecule has 2 heterocycles. The Morgan fingerprint density at radius 2 is 2.00 bits per heavy atom. The summed E-state index contributed by atoms with van der Waals surface area (Å²) in [5.74, 6) is -1.31. The minimum absolute atomic E-state index is 0.172. The topological polar surface area (TPSA) is 77.9 Å². The van der Waals surface area contributed by atoms with Crippen LogP contribution in [0.3, 0.4) is 0 Å². The fraction of sp³-hybridized carbons (Fsp3) is 0.294. The molecule has 6 nitrogen and oxygen atoms in total. The van der Waals surface area contributed by atoms with E-state index >= 15 is 0 Å². The fourth-order valence-electron chi connectivity index (χ4n) is 2.98. The van der Waals surface area contributed by atoms with Crippen molar-refractivity contribution in [2.24, 2.45) is 0 Å². The second kappa shape index (κ2) is 7.42. The summed E-state index contributed by atoms with van der Waals surface area (Å²) >= 11 is 7.78. The summed E-state index contributed by atoms with van der Waals surface area (Å²) in [6.45, 7) is 0. The van der Waals surface area contributed by atoms with Crippen LogP contribution in [0, 0.1) is 0 Å². The quantitative estimate of drug-likeness (QED) is 0.592. The predicted octanol–water partition coefficient (Wildman–Crippen LogP) is 2.44. The number of carbonyl (C=O) groups is 3. The lowest BCUT2D eigenvalue weighted by molar-refractivity contribution is -0.145. The Bertz CT molecular complexity index is 852. The number of carbonyl (C=O) groups excluding carboxylic acids is 2. The van der Waals surface area contributed by atoms with Gasteiger partial charge in [0.15, 0.2) is 0 Å². The molecule has 0 aromatic heterocycles. The maximum atomic E-state index is 13.0. The number of benzene rings is 1. The van der Waals surface area contributed by atoms with Crippen LogP contribution in [0.15, 0.2) is 29.2 Å². The van der Waals surface area contributed by atoms with Crippen molar-refractivity contribution in [2.75, 3.05) is 24.0 Å². The summed E-state index contributed by atoms with van der Waals surface area (Å²) in [7, 11) is 1.65. The van der Waals surface area contributed by atoms with E-state index in [1.165, 1.54) is 16.7 Å². The Labute approximate surface area is 164 Å². The second-order valence-corrected chi connectivity index (χ2v) is 8.39. The van der Waals surface area contributed by atoms with Crippen LogP contribution >= 0.6 is 35.7 Å². The molecular weight excluding hydrogens is 392 g/mol. The third-order valence-electron chi connectivity index (χ3n) is 4.27. The number of hydrogen-bond donors (Lipinski definition) is 1. The molecule has 3 rings (SSSR count). The van der Waals surface area contributed by atoms with E-state index in [-0.39, 0.29) is 27.1 Å². The second-order valence-electron chi connectivity index (χ2n) is 5.76. The van der Waals surface area contributed by atoms with Crippen molar-refractivity contribution in [1.82, 2.24) is 4.90 Å². The van der Waals surface area contributed by atoms with Gasteiger partial charge in [-0.1, -0.05) is 42.2 Å². The van der Waals surface area contributed by atoms with Gasteiger partial charge in [-0.15, -0.1) is 0 Å². The Balaban J connectivity index is 2.05. The first-order chi connectivity index (χ1) is 12.4. The number of anilines is 1. The Morgan fingerprint density at radius 3 is 2.65 bits per heavy atom. The maximum absolute atomic E-state index is 13.0. The number of hydrogen-bond acceptors (Lipinski definition) is 6. The van der Waals surface area contributed by atoms with E-state index in [2.05, 4.69) is 0 Å². The zero-order valence-electron chi connectivity index (χ0n) is 14.1. The van der Waals surface area contributed by atoms with Gasteiger partial charge in [-0.3, -0.25) is 14.5 Å². The predicted molar refractivity (Wildman–Crippen MR) is 108 cm³/mol.